The standard InChI is InChI=1S/C16H19FN2O2/c1-21-16-10-14(18-11-19-16)7-9-15(20)8-4-12-2-5-13(17)6-3-12/h2-3,5-6,10-11,15,20H,4,7-9H2,1H3. The molecule has 1 atom stereocenters. The molecule has 2 aromatic rings. The molecule has 112 valence electrons. The molecule has 0 radical (unpaired) electrons. The zero-order valence-corrected chi connectivity index (χ0v) is 12.0. The molecule has 0 amide bonds. The summed E-state index contributed by atoms with van der Waals surface area (Å²) in [7, 11) is 1.56. The van der Waals surface area contributed by atoms with E-state index in [1.54, 1.807) is 25.3 Å². The van der Waals surface area contributed by atoms with Crippen LogP contribution in [0.2, 0.25) is 0 Å². The number of aryl methyl sites for hydroxylation is 2. The Labute approximate surface area is 123 Å². The van der Waals surface area contributed by atoms with Crippen LogP contribution in [-0.2, 0) is 12.8 Å². The zero-order valence-electron chi connectivity index (χ0n) is 12.0. The van der Waals surface area contributed by atoms with Gasteiger partial charge in [0.25, 0.3) is 0 Å². The summed E-state index contributed by atoms with van der Waals surface area (Å²) in [5.41, 5.74) is 1.88. The number of aliphatic hydroxyl groups excluding tert-OH is 1. The number of ether oxygens (including phenoxy) is 1. The summed E-state index contributed by atoms with van der Waals surface area (Å²) in [6.07, 6.45) is 3.72. The number of halogens is 1. The lowest BCUT2D eigenvalue weighted by molar-refractivity contribution is 0.155. The van der Waals surface area contributed by atoms with Gasteiger partial charge in [-0.15, -0.1) is 0 Å². The van der Waals surface area contributed by atoms with Crippen LogP contribution in [0.4, 0.5) is 4.39 Å². The van der Waals surface area contributed by atoms with Crippen LogP contribution in [0.1, 0.15) is 24.1 Å². The van der Waals surface area contributed by atoms with Gasteiger partial charge >= 0.3 is 0 Å². The Balaban J connectivity index is 1.76. The van der Waals surface area contributed by atoms with Crippen molar-refractivity contribution in [1.29, 1.82) is 0 Å². The maximum atomic E-state index is 12.8. The summed E-state index contributed by atoms with van der Waals surface area (Å²) in [6.45, 7) is 0. The van der Waals surface area contributed by atoms with Gasteiger partial charge in [0.15, 0.2) is 0 Å². The average Bonchev–Trinajstić information content (AvgIpc) is 2.52. The molecular formula is C16H19FN2O2. The van der Waals surface area contributed by atoms with Gasteiger partial charge in [-0.25, -0.2) is 14.4 Å². The first-order valence-electron chi connectivity index (χ1n) is 6.95. The highest BCUT2D eigenvalue weighted by Gasteiger charge is 2.07. The van der Waals surface area contributed by atoms with Crippen molar-refractivity contribution in [3.63, 3.8) is 0 Å². The number of aliphatic hydroxyl groups is 1. The molecule has 0 saturated carbocycles. The molecule has 0 aliphatic rings. The largest absolute Gasteiger partial charge is 0.481 e. The second kappa shape index (κ2) is 7.69. The van der Waals surface area contributed by atoms with E-state index in [1.165, 1.54) is 18.5 Å². The molecule has 0 fully saturated rings. The predicted octanol–water partition coefficient (Wildman–Crippen LogP) is 2.55. The first-order chi connectivity index (χ1) is 10.2. The van der Waals surface area contributed by atoms with Gasteiger partial charge in [0.05, 0.1) is 13.2 Å². The third-order valence-electron chi connectivity index (χ3n) is 3.32. The molecule has 1 aromatic heterocycles. The van der Waals surface area contributed by atoms with Gasteiger partial charge < -0.3 is 9.84 Å². The van der Waals surface area contributed by atoms with Crippen molar-refractivity contribution < 1.29 is 14.2 Å². The summed E-state index contributed by atoms with van der Waals surface area (Å²) in [5, 5.41) is 10.0. The van der Waals surface area contributed by atoms with Crippen LogP contribution in [0.15, 0.2) is 36.7 Å². The van der Waals surface area contributed by atoms with Gasteiger partial charge in [-0.2, -0.15) is 0 Å². The zero-order chi connectivity index (χ0) is 15.1. The molecule has 0 spiro atoms. The number of methoxy groups -OCH3 is 1. The highest BCUT2D eigenvalue weighted by molar-refractivity contribution is 5.16. The van der Waals surface area contributed by atoms with E-state index in [-0.39, 0.29) is 5.82 Å². The number of hydrogen-bond acceptors (Lipinski definition) is 4. The van der Waals surface area contributed by atoms with Crippen molar-refractivity contribution in [1.82, 2.24) is 9.97 Å². The summed E-state index contributed by atoms with van der Waals surface area (Å²) in [4.78, 5) is 8.09. The first kappa shape index (κ1) is 15.4. The predicted molar refractivity (Wildman–Crippen MR) is 77.6 cm³/mol. The Bertz CT molecular complexity index is 560. The minimum absolute atomic E-state index is 0.239. The Morgan fingerprint density at radius 3 is 2.57 bits per heavy atom. The van der Waals surface area contributed by atoms with Gasteiger partial charge in [0.2, 0.25) is 5.88 Å². The third kappa shape index (κ3) is 5.11. The maximum Gasteiger partial charge on any atom is 0.216 e. The molecule has 2 rings (SSSR count). The molecule has 0 saturated heterocycles. The van der Waals surface area contributed by atoms with E-state index in [9.17, 15) is 9.50 Å². The van der Waals surface area contributed by atoms with E-state index < -0.39 is 6.10 Å². The van der Waals surface area contributed by atoms with Crippen molar-refractivity contribution in [3.8, 4) is 5.88 Å². The lowest BCUT2D eigenvalue weighted by Gasteiger charge is -2.10. The highest BCUT2D eigenvalue weighted by atomic mass is 19.1. The average molecular weight is 290 g/mol. The summed E-state index contributed by atoms with van der Waals surface area (Å²) in [6, 6.07) is 8.14. The van der Waals surface area contributed by atoms with Crippen LogP contribution in [0.25, 0.3) is 0 Å². The lowest BCUT2D eigenvalue weighted by Crippen LogP contribution is -2.10. The summed E-state index contributed by atoms with van der Waals surface area (Å²) in [5.74, 6) is 0.290. The van der Waals surface area contributed by atoms with E-state index in [2.05, 4.69) is 9.97 Å². The van der Waals surface area contributed by atoms with E-state index in [0.29, 0.717) is 25.1 Å². The van der Waals surface area contributed by atoms with Gasteiger partial charge in [-0.1, -0.05) is 12.1 Å². The lowest BCUT2D eigenvalue weighted by atomic mass is 10.0. The van der Waals surface area contributed by atoms with Crippen molar-refractivity contribution in [2.45, 2.75) is 31.8 Å². The molecule has 0 aliphatic heterocycles. The monoisotopic (exact) mass is 290 g/mol. The minimum Gasteiger partial charge on any atom is -0.481 e. The fraction of sp³-hybridized carbons (Fsp3) is 0.375. The topological polar surface area (TPSA) is 55.2 Å². The minimum atomic E-state index is -0.406. The SMILES string of the molecule is COc1cc(CCC(O)CCc2ccc(F)cc2)ncn1. The molecule has 1 N–H and O–H groups in total. The number of aromatic nitrogens is 2. The second-order valence-corrected chi connectivity index (χ2v) is 4.91. The molecular weight excluding hydrogens is 271 g/mol. The van der Waals surface area contributed by atoms with Crippen molar-refractivity contribution in [2.75, 3.05) is 7.11 Å². The highest BCUT2D eigenvalue weighted by Crippen LogP contribution is 2.12. The van der Waals surface area contributed by atoms with E-state index in [1.807, 2.05) is 0 Å². The van der Waals surface area contributed by atoms with Gasteiger partial charge in [-0.3, -0.25) is 0 Å². The summed E-state index contributed by atoms with van der Waals surface area (Å²) >= 11 is 0. The van der Waals surface area contributed by atoms with E-state index >= 15 is 0 Å². The van der Waals surface area contributed by atoms with E-state index in [4.69, 9.17) is 4.74 Å². The molecule has 4 nitrogen and oxygen atoms in total. The molecule has 1 heterocycles. The number of nitrogens with zero attached hydrogens (tertiary/aromatic N) is 2. The van der Waals surface area contributed by atoms with Crippen LogP contribution in [0.3, 0.4) is 0 Å². The number of benzene rings is 1. The Hall–Kier alpha value is -2.01. The van der Waals surface area contributed by atoms with Crippen molar-refractivity contribution in [2.24, 2.45) is 0 Å². The second-order valence-electron chi connectivity index (χ2n) is 4.91. The molecule has 21 heavy (non-hydrogen) atoms. The quantitative estimate of drug-likeness (QED) is 0.851. The van der Waals surface area contributed by atoms with Crippen LogP contribution >= 0.6 is 0 Å². The smallest absolute Gasteiger partial charge is 0.216 e. The Morgan fingerprint density at radius 2 is 1.86 bits per heavy atom. The maximum absolute atomic E-state index is 12.8. The molecule has 1 unspecified atom stereocenters. The van der Waals surface area contributed by atoms with Crippen LogP contribution < -0.4 is 4.74 Å². The number of rotatable bonds is 7. The van der Waals surface area contributed by atoms with Crippen LogP contribution in [0, 0.1) is 5.82 Å². The molecule has 1 aromatic carbocycles. The molecule has 0 aliphatic carbocycles. The first-order valence-corrected chi connectivity index (χ1v) is 6.95. The fourth-order valence-corrected chi connectivity index (χ4v) is 2.07. The number of hydrogen-bond donors (Lipinski definition) is 1. The summed E-state index contributed by atoms with van der Waals surface area (Å²) < 4.78 is 17.8. The van der Waals surface area contributed by atoms with Gasteiger partial charge in [0, 0.05) is 11.8 Å². The van der Waals surface area contributed by atoms with Crippen molar-refractivity contribution in [3.05, 3.63) is 53.7 Å². The van der Waals surface area contributed by atoms with Crippen molar-refractivity contribution >= 4 is 0 Å². The van der Waals surface area contributed by atoms with Gasteiger partial charge in [-0.05, 0) is 43.4 Å². The van der Waals surface area contributed by atoms with E-state index in [0.717, 1.165) is 17.7 Å². The Kier molecular flexibility index (Phi) is 5.63. The third-order valence-corrected chi connectivity index (χ3v) is 3.32. The van der Waals surface area contributed by atoms with Gasteiger partial charge in [0.1, 0.15) is 12.1 Å². The normalized spacial score (nSPS) is 12.1. The molecule has 5 heteroatoms. The Morgan fingerprint density at radius 1 is 1.14 bits per heavy atom. The van der Waals surface area contributed by atoms with Crippen LogP contribution in [-0.4, -0.2) is 28.3 Å². The van der Waals surface area contributed by atoms with Crippen LogP contribution in [0.5, 0.6) is 5.88 Å². The fourth-order valence-electron chi connectivity index (χ4n) is 2.07. The molecule has 0 bridgehead atoms.